The van der Waals surface area contributed by atoms with Crippen LogP contribution in [0.2, 0.25) is 0 Å². The first-order valence-corrected chi connectivity index (χ1v) is 7.10. The molecule has 1 aliphatic heterocycles. The summed E-state index contributed by atoms with van der Waals surface area (Å²) in [5.74, 6) is 0. The van der Waals surface area contributed by atoms with Gasteiger partial charge in [-0.3, -0.25) is 4.99 Å². The van der Waals surface area contributed by atoms with Crippen molar-refractivity contribution in [2.45, 2.75) is 51.5 Å². The van der Waals surface area contributed by atoms with Crippen LogP contribution in [0.5, 0.6) is 0 Å². The van der Waals surface area contributed by atoms with Crippen molar-refractivity contribution in [2.24, 2.45) is 4.99 Å². The van der Waals surface area contributed by atoms with E-state index in [0.717, 1.165) is 28.4 Å². The fourth-order valence-electron chi connectivity index (χ4n) is 2.51. The minimum atomic E-state index is 0.560. The summed E-state index contributed by atoms with van der Waals surface area (Å²) < 4.78 is 0. The average molecular weight is 265 g/mol. The molecule has 0 bridgehead atoms. The Balaban J connectivity index is 2.03. The molecule has 0 saturated heterocycles. The number of halogens is 1. The molecule has 0 unspecified atom stereocenters. The van der Waals surface area contributed by atoms with Crippen LogP contribution in [0.1, 0.15) is 45.4 Å². The van der Waals surface area contributed by atoms with E-state index in [0.29, 0.717) is 6.04 Å². The molecule has 0 spiro atoms. The average Bonchev–Trinajstić information content (AvgIpc) is 2.53. The third-order valence-electron chi connectivity index (χ3n) is 3.58. The minimum Gasteiger partial charge on any atom is -0.381 e. The van der Waals surface area contributed by atoms with Gasteiger partial charge in [-0.1, -0.05) is 43.5 Å². The molecular formula is C15H21ClN2. The number of rotatable bonds is 3. The summed E-state index contributed by atoms with van der Waals surface area (Å²) in [6, 6.07) is 0.560. The lowest BCUT2D eigenvalue weighted by atomic mass is 9.95. The van der Waals surface area contributed by atoms with E-state index in [1.807, 2.05) is 0 Å². The predicted molar refractivity (Wildman–Crippen MR) is 78.9 cm³/mol. The fraction of sp³-hybridized carbons (Fsp3) is 0.533. The predicted octanol–water partition coefficient (Wildman–Crippen LogP) is 4.29. The van der Waals surface area contributed by atoms with Gasteiger partial charge in [0.25, 0.3) is 0 Å². The van der Waals surface area contributed by atoms with Gasteiger partial charge in [0.2, 0.25) is 0 Å². The molecule has 1 aliphatic carbocycles. The first-order valence-electron chi connectivity index (χ1n) is 6.72. The van der Waals surface area contributed by atoms with Crippen molar-refractivity contribution in [3.63, 3.8) is 0 Å². The van der Waals surface area contributed by atoms with E-state index in [-0.39, 0.29) is 0 Å². The highest BCUT2D eigenvalue weighted by atomic mass is 35.5. The Kier molecular flexibility index (Phi) is 4.65. The Hall–Kier alpha value is -1.02. The molecule has 0 atom stereocenters. The standard InChI is InChI=1S/C15H21ClN2/c1-11-8-9-13(16)10-17-15(11)12(2)18-14-6-4-3-5-7-14/h8,10,14,18H,2-7,9H2,1H3. The van der Waals surface area contributed by atoms with Crippen LogP contribution in [-0.4, -0.2) is 11.8 Å². The molecule has 0 aromatic rings. The maximum Gasteiger partial charge on any atom is 0.0881 e. The second-order valence-corrected chi connectivity index (χ2v) is 5.59. The highest BCUT2D eigenvalue weighted by molar-refractivity contribution is 6.30. The number of aliphatic imine (C=N–C) groups is 1. The Morgan fingerprint density at radius 2 is 2.11 bits per heavy atom. The summed E-state index contributed by atoms with van der Waals surface area (Å²) in [7, 11) is 0. The summed E-state index contributed by atoms with van der Waals surface area (Å²) in [5.41, 5.74) is 3.02. The molecule has 1 saturated carbocycles. The highest BCUT2D eigenvalue weighted by Crippen LogP contribution is 2.21. The first-order chi connectivity index (χ1) is 8.66. The van der Waals surface area contributed by atoms with Gasteiger partial charge >= 0.3 is 0 Å². The van der Waals surface area contributed by atoms with E-state index in [9.17, 15) is 0 Å². The summed E-state index contributed by atoms with van der Waals surface area (Å²) >= 11 is 6.01. The van der Waals surface area contributed by atoms with Crippen LogP contribution in [0.3, 0.4) is 0 Å². The lowest BCUT2D eigenvalue weighted by Gasteiger charge is -2.25. The van der Waals surface area contributed by atoms with E-state index < -0.39 is 0 Å². The zero-order chi connectivity index (χ0) is 13.0. The van der Waals surface area contributed by atoms with Crippen LogP contribution < -0.4 is 5.32 Å². The quantitative estimate of drug-likeness (QED) is 0.808. The Morgan fingerprint density at radius 1 is 1.39 bits per heavy atom. The molecule has 98 valence electrons. The lowest BCUT2D eigenvalue weighted by molar-refractivity contribution is 0.401. The fourth-order valence-corrected chi connectivity index (χ4v) is 2.64. The molecule has 2 rings (SSSR count). The molecular weight excluding hydrogens is 244 g/mol. The van der Waals surface area contributed by atoms with Crippen LogP contribution in [0.4, 0.5) is 0 Å². The molecule has 18 heavy (non-hydrogen) atoms. The van der Waals surface area contributed by atoms with Crippen molar-refractivity contribution in [2.75, 3.05) is 0 Å². The van der Waals surface area contributed by atoms with Gasteiger partial charge in [-0.15, -0.1) is 0 Å². The van der Waals surface area contributed by atoms with Gasteiger partial charge in [0.05, 0.1) is 11.4 Å². The zero-order valence-corrected chi connectivity index (χ0v) is 11.8. The second kappa shape index (κ2) is 6.24. The van der Waals surface area contributed by atoms with Gasteiger partial charge in [0, 0.05) is 23.7 Å². The summed E-state index contributed by atoms with van der Waals surface area (Å²) in [6.07, 6.45) is 11.1. The molecule has 1 fully saturated rings. The third kappa shape index (κ3) is 3.49. The summed E-state index contributed by atoms with van der Waals surface area (Å²) in [6.45, 7) is 6.20. The van der Waals surface area contributed by atoms with E-state index in [2.05, 4.69) is 29.9 Å². The second-order valence-electron chi connectivity index (χ2n) is 5.10. The van der Waals surface area contributed by atoms with E-state index in [1.165, 1.54) is 32.1 Å². The molecule has 2 nitrogen and oxygen atoms in total. The van der Waals surface area contributed by atoms with E-state index in [1.54, 1.807) is 6.20 Å². The largest absolute Gasteiger partial charge is 0.381 e. The van der Waals surface area contributed by atoms with Crippen LogP contribution in [0.15, 0.2) is 40.1 Å². The van der Waals surface area contributed by atoms with Crippen molar-refractivity contribution >= 4 is 17.3 Å². The molecule has 0 radical (unpaired) electrons. The van der Waals surface area contributed by atoms with Crippen molar-refractivity contribution < 1.29 is 0 Å². The molecule has 1 heterocycles. The number of allylic oxidation sites excluding steroid dienone is 3. The monoisotopic (exact) mass is 264 g/mol. The van der Waals surface area contributed by atoms with Crippen LogP contribution in [-0.2, 0) is 0 Å². The number of nitrogens with one attached hydrogen (secondary N) is 1. The van der Waals surface area contributed by atoms with Gasteiger partial charge in [0.15, 0.2) is 0 Å². The van der Waals surface area contributed by atoms with Crippen molar-refractivity contribution in [3.8, 4) is 0 Å². The Bertz CT molecular complexity index is 412. The number of hydrogen-bond donors (Lipinski definition) is 1. The maximum absolute atomic E-state index is 6.01. The smallest absolute Gasteiger partial charge is 0.0881 e. The minimum absolute atomic E-state index is 0.560. The van der Waals surface area contributed by atoms with Crippen LogP contribution in [0, 0.1) is 0 Å². The molecule has 3 heteroatoms. The third-order valence-corrected chi connectivity index (χ3v) is 3.83. The van der Waals surface area contributed by atoms with Crippen molar-refractivity contribution in [3.05, 3.63) is 35.2 Å². The van der Waals surface area contributed by atoms with E-state index in [4.69, 9.17) is 11.6 Å². The molecule has 0 amide bonds. The Morgan fingerprint density at radius 3 is 2.83 bits per heavy atom. The van der Waals surface area contributed by atoms with Gasteiger partial charge in [-0.2, -0.15) is 0 Å². The summed E-state index contributed by atoms with van der Waals surface area (Å²) in [4.78, 5) is 4.44. The van der Waals surface area contributed by atoms with Gasteiger partial charge in [-0.05, 0) is 25.3 Å². The zero-order valence-electron chi connectivity index (χ0n) is 11.0. The van der Waals surface area contributed by atoms with Gasteiger partial charge in [0.1, 0.15) is 0 Å². The topological polar surface area (TPSA) is 24.4 Å². The first kappa shape index (κ1) is 13.4. The maximum atomic E-state index is 6.01. The Labute approximate surface area is 115 Å². The lowest BCUT2D eigenvalue weighted by Crippen LogP contribution is -2.33. The molecule has 0 aromatic carbocycles. The van der Waals surface area contributed by atoms with Crippen LogP contribution in [0.25, 0.3) is 0 Å². The summed E-state index contributed by atoms with van der Waals surface area (Å²) in [5, 5.41) is 4.30. The number of hydrogen-bond acceptors (Lipinski definition) is 2. The molecule has 2 aliphatic rings. The van der Waals surface area contributed by atoms with Crippen molar-refractivity contribution in [1.82, 2.24) is 5.32 Å². The van der Waals surface area contributed by atoms with Crippen molar-refractivity contribution in [1.29, 1.82) is 0 Å². The molecule has 1 N–H and O–H groups in total. The SMILES string of the molecule is C=C(NC1CCCCC1)C1=NC=C(Cl)CC=C1C. The van der Waals surface area contributed by atoms with Gasteiger partial charge < -0.3 is 5.32 Å². The molecule has 0 aromatic heterocycles. The van der Waals surface area contributed by atoms with Gasteiger partial charge in [-0.25, -0.2) is 0 Å². The normalized spacial score (nSPS) is 21.6. The highest BCUT2D eigenvalue weighted by Gasteiger charge is 2.16. The van der Waals surface area contributed by atoms with E-state index >= 15 is 0 Å². The number of nitrogens with zero attached hydrogens (tertiary/aromatic N) is 1. The van der Waals surface area contributed by atoms with Crippen LogP contribution >= 0.6 is 11.6 Å².